The van der Waals surface area contributed by atoms with Crippen LogP contribution < -0.4 is 5.32 Å². The number of para-hydroxylation sites is 1. The summed E-state index contributed by atoms with van der Waals surface area (Å²) >= 11 is 4.54. The summed E-state index contributed by atoms with van der Waals surface area (Å²) < 4.78 is 3.04. The molecule has 1 amide bonds. The van der Waals surface area contributed by atoms with Crippen molar-refractivity contribution in [3.63, 3.8) is 0 Å². The van der Waals surface area contributed by atoms with Crippen molar-refractivity contribution >= 4 is 55.7 Å². The van der Waals surface area contributed by atoms with Crippen molar-refractivity contribution in [2.45, 2.75) is 25.0 Å². The molecular formula is C20H19N5OS3. The summed E-state index contributed by atoms with van der Waals surface area (Å²) in [5.41, 5.74) is 1.94. The summed E-state index contributed by atoms with van der Waals surface area (Å²) in [6.07, 6.45) is 2.80. The Balaban J connectivity index is 1.45. The van der Waals surface area contributed by atoms with E-state index in [0.29, 0.717) is 16.8 Å². The molecule has 0 radical (unpaired) electrons. The Labute approximate surface area is 180 Å². The van der Waals surface area contributed by atoms with Crippen molar-refractivity contribution < 1.29 is 4.79 Å². The lowest BCUT2D eigenvalue weighted by molar-refractivity contribution is -0.113. The van der Waals surface area contributed by atoms with E-state index in [2.05, 4.69) is 45.4 Å². The number of thiophene rings is 1. The van der Waals surface area contributed by atoms with Gasteiger partial charge in [-0.15, -0.1) is 28.1 Å². The van der Waals surface area contributed by atoms with E-state index < -0.39 is 0 Å². The molecule has 0 saturated heterocycles. The van der Waals surface area contributed by atoms with E-state index in [4.69, 9.17) is 0 Å². The van der Waals surface area contributed by atoms with Crippen LogP contribution in [0.15, 0.2) is 53.5 Å². The number of amides is 1. The van der Waals surface area contributed by atoms with Gasteiger partial charge in [-0.2, -0.15) is 0 Å². The lowest BCUT2D eigenvalue weighted by Crippen LogP contribution is -2.14. The monoisotopic (exact) mass is 441 g/mol. The molecule has 9 heteroatoms. The van der Waals surface area contributed by atoms with Gasteiger partial charge in [-0.3, -0.25) is 9.36 Å². The fourth-order valence-electron chi connectivity index (χ4n) is 2.80. The SMILES string of the molecule is C=CCn1c(SCC(=O)Nc2nc3ccccc3s2)nnc1-c1csc(CC)c1. The maximum atomic E-state index is 12.4. The molecule has 0 unspecified atom stereocenters. The van der Waals surface area contributed by atoms with Gasteiger partial charge in [-0.05, 0) is 24.6 Å². The maximum absolute atomic E-state index is 12.4. The summed E-state index contributed by atoms with van der Waals surface area (Å²) in [4.78, 5) is 18.2. The minimum absolute atomic E-state index is 0.118. The van der Waals surface area contributed by atoms with Gasteiger partial charge in [-0.1, -0.05) is 48.2 Å². The normalized spacial score (nSPS) is 11.1. The van der Waals surface area contributed by atoms with E-state index in [-0.39, 0.29) is 11.7 Å². The number of allylic oxidation sites excluding steroid dienone is 1. The number of carbonyl (C=O) groups is 1. The van der Waals surface area contributed by atoms with Crippen LogP contribution >= 0.6 is 34.4 Å². The van der Waals surface area contributed by atoms with Crippen LogP contribution in [-0.2, 0) is 17.8 Å². The predicted octanol–water partition coefficient (Wildman–Crippen LogP) is 5.10. The maximum Gasteiger partial charge on any atom is 0.236 e. The van der Waals surface area contributed by atoms with Crippen molar-refractivity contribution in [1.82, 2.24) is 19.7 Å². The number of thiazole rings is 1. The highest BCUT2D eigenvalue weighted by Crippen LogP contribution is 2.29. The number of aryl methyl sites for hydroxylation is 1. The lowest BCUT2D eigenvalue weighted by Gasteiger charge is -2.06. The van der Waals surface area contributed by atoms with Gasteiger partial charge in [0, 0.05) is 22.4 Å². The Morgan fingerprint density at radius 1 is 1.34 bits per heavy atom. The van der Waals surface area contributed by atoms with Crippen LogP contribution in [-0.4, -0.2) is 31.4 Å². The molecule has 29 heavy (non-hydrogen) atoms. The van der Waals surface area contributed by atoms with Gasteiger partial charge >= 0.3 is 0 Å². The molecule has 0 aliphatic rings. The van der Waals surface area contributed by atoms with E-state index in [0.717, 1.165) is 28.0 Å². The van der Waals surface area contributed by atoms with Gasteiger partial charge in [0.2, 0.25) is 5.91 Å². The minimum Gasteiger partial charge on any atom is -0.301 e. The Bertz CT molecular complexity index is 1130. The largest absolute Gasteiger partial charge is 0.301 e. The standard InChI is InChI=1S/C20H19N5OS3/c1-3-9-25-18(13-10-14(4-2)27-11-13)23-24-20(25)28-12-17(26)22-19-21-15-7-5-6-8-16(15)29-19/h3,5-8,10-11H,1,4,9,12H2,2H3,(H,21,22,26). The first-order valence-electron chi connectivity index (χ1n) is 9.08. The minimum atomic E-state index is -0.118. The Morgan fingerprint density at radius 3 is 2.97 bits per heavy atom. The Kier molecular flexibility index (Phi) is 6.08. The van der Waals surface area contributed by atoms with Gasteiger partial charge in [0.1, 0.15) is 0 Å². The fourth-order valence-corrected chi connectivity index (χ4v) is 5.24. The molecule has 148 valence electrons. The zero-order valence-electron chi connectivity index (χ0n) is 15.8. The highest BCUT2D eigenvalue weighted by Gasteiger charge is 2.16. The molecule has 0 fully saturated rings. The topological polar surface area (TPSA) is 72.7 Å². The molecule has 0 atom stereocenters. The Morgan fingerprint density at radius 2 is 2.21 bits per heavy atom. The van der Waals surface area contributed by atoms with Crippen LogP contribution in [0.25, 0.3) is 21.6 Å². The number of thioether (sulfide) groups is 1. The van der Waals surface area contributed by atoms with Crippen LogP contribution in [0.4, 0.5) is 5.13 Å². The number of rotatable bonds is 8. The number of hydrogen-bond donors (Lipinski definition) is 1. The van der Waals surface area contributed by atoms with Gasteiger partial charge in [0.05, 0.1) is 16.0 Å². The third kappa shape index (κ3) is 4.42. The van der Waals surface area contributed by atoms with Gasteiger partial charge in [0.15, 0.2) is 16.1 Å². The number of fused-ring (bicyclic) bond motifs is 1. The van der Waals surface area contributed by atoms with Crippen molar-refractivity contribution in [2.24, 2.45) is 0 Å². The second-order valence-electron chi connectivity index (χ2n) is 6.18. The van der Waals surface area contributed by atoms with Gasteiger partial charge in [-0.25, -0.2) is 4.98 Å². The van der Waals surface area contributed by atoms with Crippen LogP contribution in [0.5, 0.6) is 0 Å². The first-order chi connectivity index (χ1) is 14.2. The zero-order chi connectivity index (χ0) is 20.2. The molecule has 6 nitrogen and oxygen atoms in total. The molecule has 0 aliphatic heterocycles. The molecule has 4 aromatic rings. The third-order valence-electron chi connectivity index (χ3n) is 4.16. The summed E-state index contributed by atoms with van der Waals surface area (Å²) in [6, 6.07) is 9.96. The van der Waals surface area contributed by atoms with Crippen LogP contribution in [0.3, 0.4) is 0 Å². The highest BCUT2D eigenvalue weighted by atomic mass is 32.2. The number of nitrogens with zero attached hydrogens (tertiary/aromatic N) is 4. The summed E-state index contributed by atoms with van der Waals surface area (Å²) in [7, 11) is 0. The first kappa shape index (κ1) is 19.8. The number of hydrogen-bond acceptors (Lipinski definition) is 7. The molecule has 1 N–H and O–H groups in total. The molecule has 0 spiro atoms. The van der Waals surface area contributed by atoms with E-state index >= 15 is 0 Å². The molecule has 1 aromatic carbocycles. The number of anilines is 1. The second-order valence-corrected chi connectivity index (χ2v) is 9.15. The van der Waals surface area contributed by atoms with Crippen LogP contribution in [0, 0.1) is 0 Å². The average molecular weight is 442 g/mol. The molecule has 0 bridgehead atoms. The number of carbonyl (C=O) groups excluding carboxylic acids is 1. The molecular weight excluding hydrogens is 422 g/mol. The quantitative estimate of drug-likeness (QED) is 0.304. The smallest absolute Gasteiger partial charge is 0.236 e. The second kappa shape index (κ2) is 8.89. The highest BCUT2D eigenvalue weighted by molar-refractivity contribution is 7.99. The van der Waals surface area contributed by atoms with Crippen molar-refractivity contribution in [3.8, 4) is 11.4 Å². The van der Waals surface area contributed by atoms with E-state index in [1.165, 1.54) is 28.0 Å². The summed E-state index contributed by atoms with van der Waals surface area (Å²) in [5, 5.41) is 14.9. The molecule has 3 heterocycles. The first-order valence-corrected chi connectivity index (χ1v) is 11.8. The fraction of sp³-hybridized carbons (Fsp3) is 0.200. The molecule has 0 saturated carbocycles. The molecule has 4 rings (SSSR count). The molecule has 0 aliphatic carbocycles. The Hall–Kier alpha value is -2.49. The van der Waals surface area contributed by atoms with Gasteiger partial charge in [0.25, 0.3) is 0 Å². The summed E-state index contributed by atoms with van der Waals surface area (Å²) in [6.45, 7) is 6.55. The average Bonchev–Trinajstić information content (AvgIpc) is 3.44. The van der Waals surface area contributed by atoms with Gasteiger partial charge < -0.3 is 5.32 Å². The van der Waals surface area contributed by atoms with Crippen molar-refractivity contribution in [3.05, 3.63) is 53.2 Å². The van der Waals surface area contributed by atoms with Crippen molar-refractivity contribution in [2.75, 3.05) is 11.1 Å². The van der Waals surface area contributed by atoms with Crippen LogP contribution in [0.1, 0.15) is 11.8 Å². The summed E-state index contributed by atoms with van der Waals surface area (Å²) in [5.74, 6) is 0.914. The number of benzene rings is 1. The van der Waals surface area contributed by atoms with E-state index in [9.17, 15) is 4.79 Å². The zero-order valence-corrected chi connectivity index (χ0v) is 18.2. The van der Waals surface area contributed by atoms with Crippen molar-refractivity contribution in [1.29, 1.82) is 0 Å². The number of nitrogens with one attached hydrogen (secondary N) is 1. The van der Waals surface area contributed by atoms with Crippen LogP contribution in [0.2, 0.25) is 0 Å². The van der Waals surface area contributed by atoms with E-state index in [1.807, 2.05) is 34.9 Å². The number of aromatic nitrogens is 4. The third-order valence-corrected chi connectivity index (χ3v) is 7.16. The lowest BCUT2D eigenvalue weighted by atomic mass is 10.2. The predicted molar refractivity (Wildman–Crippen MR) is 122 cm³/mol. The molecule has 3 aromatic heterocycles. The van der Waals surface area contributed by atoms with E-state index in [1.54, 1.807) is 11.3 Å².